The smallest absolute Gasteiger partial charge is 0.371 e. The van der Waals surface area contributed by atoms with Crippen LogP contribution in [0.4, 0.5) is 0 Å². The number of carbonyl (C=O) groups is 2. The van der Waals surface area contributed by atoms with Crippen molar-refractivity contribution in [2.45, 2.75) is 6.42 Å². The fourth-order valence-electron chi connectivity index (χ4n) is 1.67. The normalized spacial score (nSPS) is 11.3. The summed E-state index contributed by atoms with van der Waals surface area (Å²) in [5.41, 5.74) is 1.23. The minimum absolute atomic E-state index is 0.198. The van der Waals surface area contributed by atoms with Gasteiger partial charge in [0.25, 0.3) is 0 Å². The Morgan fingerprint density at radius 3 is 2.50 bits per heavy atom. The van der Waals surface area contributed by atoms with Gasteiger partial charge in [-0.3, -0.25) is 4.79 Å². The molecule has 2 N–H and O–H groups in total. The molecule has 0 amide bonds. The summed E-state index contributed by atoms with van der Waals surface area (Å²) in [6, 6.07) is 11.1. The predicted molar refractivity (Wildman–Crippen MR) is 70.6 cm³/mol. The number of rotatable bonds is 5. The molecule has 0 aliphatic carbocycles. The third kappa shape index (κ3) is 3.35. The van der Waals surface area contributed by atoms with Crippen LogP contribution in [0.1, 0.15) is 21.7 Å². The summed E-state index contributed by atoms with van der Waals surface area (Å²) in [7, 11) is 0. The van der Waals surface area contributed by atoms with Gasteiger partial charge in [-0.25, -0.2) is 4.79 Å². The van der Waals surface area contributed by atoms with Gasteiger partial charge in [0, 0.05) is 12.5 Å². The van der Waals surface area contributed by atoms with Crippen molar-refractivity contribution in [3.05, 3.63) is 71.4 Å². The van der Waals surface area contributed by atoms with Crippen LogP contribution in [0.25, 0.3) is 0 Å². The molecule has 0 fully saturated rings. The van der Waals surface area contributed by atoms with Gasteiger partial charge in [-0.05, 0) is 11.6 Å². The first-order chi connectivity index (χ1) is 9.56. The van der Waals surface area contributed by atoms with E-state index in [0.717, 1.165) is 5.56 Å². The van der Waals surface area contributed by atoms with E-state index in [1.807, 2.05) is 30.3 Å². The average Bonchev–Trinajstić information content (AvgIpc) is 2.88. The number of ketones is 1. The van der Waals surface area contributed by atoms with Gasteiger partial charge in [0.05, 0.1) is 5.56 Å². The number of aliphatic hydroxyl groups is 1. The van der Waals surface area contributed by atoms with E-state index >= 15 is 0 Å². The van der Waals surface area contributed by atoms with Crippen molar-refractivity contribution in [2.24, 2.45) is 0 Å². The van der Waals surface area contributed by atoms with Crippen molar-refractivity contribution >= 4 is 11.8 Å². The van der Waals surface area contributed by atoms with Crippen molar-refractivity contribution in [3.63, 3.8) is 0 Å². The molecule has 0 saturated carbocycles. The molecule has 1 heterocycles. The molecule has 0 radical (unpaired) electrons. The van der Waals surface area contributed by atoms with Crippen LogP contribution in [0.5, 0.6) is 0 Å². The molecule has 102 valence electrons. The highest BCUT2D eigenvalue weighted by molar-refractivity contribution is 6.07. The molecule has 0 saturated heterocycles. The number of carbonyl (C=O) groups excluding carboxylic acids is 1. The Bertz CT molecular complexity index is 652. The van der Waals surface area contributed by atoms with Gasteiger partial charge in [0.1, 0.15) is 12.0 Å². The van der Waals surface area contributed by atoms with Gasteiger partial charge in [0.2, 0.25) is 5.76 Å². The van der Waals surface area contributed by atoms with E-state index in [0.29, 0.717) is 18.3 Å². The molecular weight excluding hydrogens is 260 g/mol. The second kappa shape index (κ2) is 5.88. The standard InChI is InChI=1S/C15H12O5/c16-13(8-14(17)15(18)19)11-7-12(20-9-11)6-10-4-2-1-3-5-10/h1-5,7-9,17H,6H2,(H,18,19). The zero-order chi connectivity index (χ0) is 14.5. The van der Waals surface area contributed by atoms with E-state index in [2.05, 4.69) is 0 Å². The number of aliphatic hydroxyl groups excluding tert-OH is 1. The summed E-state index contributed by atoms with van der Waals surface area (Å²) in [6.07, 6.45) is 2.43. The molecule has 0 aliphatic heterocycles. The van der Waals surface area contributed by atoms with E-state index in [9.17, 15) is 9.59 Å². The van der Waals surface area contributed by atoms with E-state index in [-0.39, 0.29) is 5.56 Å². The van der Waals surface area contributed by atoms with Crippen LogP contribution in [-0.4, -0.2) is 22.0 Å². The Morgan fingerprint density at radius 2 is 1.85 bits per heavy atom. The highest BCUT2D eigenvalue weighted by Gasteiger charge is 2.12. The number of allylic oxidation sites excluding steroid dienone is 1. The van der Waals surface area contributed by atoms with Crippen LogP contribution >= 0.6 is 0 Å². The van der Waals surface area contributed by atoms with Gasteiger partial charge >= 0.3 is 5.97 Å². The van der Waals surface area contributed by atoms with E-state index < -0.39 is 17.5 Å². The number of carboxylic acid groups (broad SMARTS) is 1. The molecule has 2 rings (SSSR count). The zero-order valence-electron chi connectivity index (χ0n) is 10.4. The lowest BCUT2D eigenvalue weighted by atomic mass is 10.1. The number of hydrogen-bond acceptors (Lipinski definition) is 4. The lowest BCUT2D eigenvalue weighted by Gasteiger charge is -1.96. The zero-order valence-corrected chi connectivity index (χ0v) is 10.4. The first-order valence-corrected chi connectivity index (χ1v) is 5.86. The highest BCUT2D eigenvalue weighted by atomic mass is 16.4. The Morgan fingerprint density at radius 1 is 1.15 bits per heavy atom. The number of carboxylic acids is 1. The fourth-order valence-corrected chi connectivity index (χ4v) is 1.67. The summed E-state index contributed by atoms with van der Waals surface area (Å²) in [5.74, 6) is -2.58. The van der Waals surface area contributed by atoms with Gasteiger partial charge in [-0.15, -0.1) is 0 Å². The molecule has 0 bridgehead atoms. The van der Waals surface area contributed by atoms with Gasteiger partial charge < -0.3 is 14.6 Å². The highest BCUT2D eigenvalue weighted by Crippen LogP contribution is 2.14. The summed E-state index contributed by atoms with van der Waals surface area (Å²) in [6.45, 7) is 0. The number of benzene rings is 1. The van der Waals surface area contributed by atoms with Gasteiger partial charge in [0.15, 0.2) is 5.78 Å². The van der Waals surface area contributed by atoms with Crippen molar-refractivity contribution < 1.29 is 24.2 Å². The number of aliphatic carboxylic acids is 1. The summed E-state index contributed by atoms with van der Waals surface area (Å²) >= 11 is 0. The maximum atomic E-state index is 11.7. The van der Waals surface area contributed by atoms with Crippen LogP contribution in [0, 0.1) is 0 Å². The fraction of sp³-hybridized carbons (Fsp3) is 0.0667. The second-order valence-electron chi connectivity index (χ2n) is 4.16. The molecule has 5 nitrogen and oxygen atoms in total. The lowest BCUT2D eigenvalue weighted by molar-refractivity contribution is -0.135. The molecule has 1 aromatic heterocycles. The van der Waals surface area contributed by atoms with E-state index in [1.165, 1.54) is 12.3 Å². The largest absolute Gasteiger partial charge is 0.502 e. The number of furan rings is 1. The molecule has 5 heteroatoms. The van der Waals surface area contributed by atoms with Crippen LogP contribution in [0.15, 0.2) is 58.9 Å². The minimum Gasteiger partial charge on any atom is -0.502 e. The van der Waals surface area contributed by atoms with Crippen LogP contribution in [0.3, 0.4) is 0 Å². The first kappa shape index (κ1) is 13.6. The van der Waals surface area contributed by atoms with Crippen molar-refractivity contribution in [3.8, 4) is 0 Å². The Kier molecular flexibility index (Phi) is 4.00. The molecule has 20 heavy (non-hydrogen) atoms. The topological polar surface area (TPSA) is 87.7 Å². The Labute approximate surface area is 114 Å². The van der Waals surface area contributed by atoms with Gasteiger partial charge in [-0.1, -0.05) is 30.3 Å². The molecule has 0 atom stereocenters. The van der Waals surface area contributed by atoms with Crippen LogP contribution < -0.4 is 0 Å². The maximum absolute atomic E-state index is 11.7. The second-order valence-corrected chi connectivity index (χ2v) is 4.16. The van der Waals surface area contributed by atoms with E-state index in [4.69, 9.17) is 14.6 Å². The third-order valence-corrected chi connectivity index (χ3v) is 2.65. The number of hydrogen-bond donors (Lipinski definition) is 2. The van der Waals surface area contributed by atoms with E-state index in [1.54, 1.807) is 0 Å². The quantitative estimate of drug-likeness (QED) is 0.496. The first-order valence-electron chi connectivity index (χ1n) is 5.86. The van der Waals surface area contributed by atoms with Crippen LogP contribution in [-0.2, 0) is 11.2 Å². The third-order valence-electron chi connectivity index (χ3n) is 2.65. The molecular formula is C15H12O5. The molecule has 0 spiro atoms. The maximum Gasteiger partial charge on any atom is 0.371 e. The molecule has 0 unspecified atom stereocenters. The summed E-state index contributed by atoms with van der Waals surface area (Å²) in [5, 5.41) is 17.5. The monoisotopic (exact) mass is 272 g/mol. The molecule has 1 aromatic carbocycles. The predicted octanol–water partition coefficient (Wildman–Crippen LogP) is 2.58. The Balaban J connectivity index is 2.11. The average molecular weight is 272 g/mol. The summed E-state index contributed by atoms with van der Waals surface area (Å²) < 4.78 is 5.25. The van der Waals surface area contributed by atoms with Crippen molar-refractivity contribution in [1.29, 1.82) is 0 Å². The lowest BCUT2D eigenvalue weighted by Crippen LogP contribution is -2.03. The van der Waals surface area contributed by atoms with Gasteiger partial charge in [-0.2, -0.15) is 0 Å². The Hall–Kier alpha value is -2.82. The summed E-state index contributed by atoms with van der Waals surface area (Å²) in [4.78, 5) is 22.1. The SMILES string of the molecule is O=C(O)C(O)=CC(=O)c1coc(Cc2ccccc2)c1. The molecule has 2 aromatic rings. The van der Waals surface area contributed by atoms with Crippen molar-refractivity contribution in [1.82, 2.24) is 0 Å². The molecule has 0 aliphatic rings. The minimum atomic E-state index is -1.55. The van der Waals surface area contributed by atoms with Crippen LogP contribution in [0.2, 0.25) is 0 Å². The van der Waals surface area contributed by atoms with Crippen molar-refractivity contribution in [2.75, 3.05) is 0 Å².